The van der Waals surface area contributed by atoms with Gasteiger partial charge in [0, 0.05) is 31.5 Å². The number of pyridine rings is 1. The summed E-state index contributed by atoms with van der Waals surface area (Å²) in [6, 6.07) is 12.8. The molecule has 0 unspecified atom stereocenters. The highest BCUT2D eigenvalue weighted by atomic mass is 16.2. The van der Waals surface area contributed by atoms with Crippen molar-refractivity contribution in [3.8, 4) is 23.6 Å². The molecule has 0 radical (unpaired) electrons. The first-order valence-corrected chi connectivity index (χ1v) is 12.1. The van der Waals surface area contributed by atoms with Crippen molar-refractivity contribution >= 4 is 17.1 Å². The Morgan fingerprint density at radius 2 is 1.97 bits per heavy atom. The third-order valence-corrected chi connectivity index (χ3v) is 6.54. The van der Waals surface area contributed by atoms with Gasteiger partial charge in [-0.25, -0.2) is 9.36 Å². The maximum absolute atomic E-state index is 14.0. The van der Waals surface area contributed by atoms with E-state index in [0.717, 1.165) is 24.0 Å². The summed E-state index contributed by atoms with van der Waals surface area (Å²) in [6.07, 6.45) is 4.78. The van der Waals surface area contributed by atoms with Gasteiger partial charge in [-0.3, -0.25) is 18.9 Å². The van der Waals surface area contributed by atoms with Gasteiger partial charge in [0.05, 0.1) is 24.3 Å². The lowest BCUT2D eigenvalue weighted by Gasteiger charge is -2.31. The van der Waals surface area contributed by atoms with E-state index in [2.05, 4.69) is 27.8 Å². The van der Waals surface area contributed by atoms with Crippen molar-refractivity contribution in [3.63, 3.8) is 0 Å². The molecule has 4 aromatic rings. The van der Waals surface area contributed by atoms with E-state index in [9.17, 15) is 14.9 Å². The second-order valence-corrected chi connectivity index (χ2v) is 8.93. The van der Waals surface area contributed by atoms with Crippen molar-refractivity contribution in [3.05, 3.63) is 80.8 Å². The van der Waals surface area contributed by atoms with Gasteiger partial charge in [0.1, 0.15) is 6.07 Å². The molecule has 1 aliphatic heterocycles. The number of fused-ring (bicyclic) bond motifs is 1. The molecule has 2 N–H and O–H groups in total. The topological polar surface area (TPSA) is 128 Å². The van der Waals surface area contributed by atoms with Gasteiger partial charge < -0.3 is 10.6 Å². The van der Waals surface area contributed by atoms with Crippen LogP contribution in [0.5, 0.6) is 0 Å². The highest BCUT2D eigenvalue weighted by Gasteiger charge is 2.27. The summed E-state index contributed by atoms with van der Waals surface area (Å²) in [5.74, 6) is 6.51. The van der Waals surface area contributed by atoms with Crippen LogP contribution in [0.15, 0.2) is 58.4 Å². The number of piperidine rings is 1. The van der Waals surface area contributed by atoms with Crippen molar-refractivity contribution < 1.29 is 0 Å². The standard InChI is InChI=1S/C27H26N8O2/c1-2-3-14-33-23-24(31-26(33)32-13-7-8-21(29)18-32)35(22-9-5-4-6-10-22)27(37)34(25(23)36)17-19-11-12-30-16-20(19)15-28/h4-6,9-12,16,21H,7-8,13-14,17-18,29H2,1H3/t21-/m1/s1. The van der Waals surface area contributed by atoms with Crippen LogP contribution in [0.25, 0.3) is 16.9 Å². The van der Waals surface area contributed by atoms with E-state index in [1.165, 1.54) is 17.0 Å². The molecule has 4 heterocycles. The van der Waals surface area contributed by atoms with Crippen molar-refractivity contribution in [2.75, 3.05) is 18.0 Å². The van der Waals surface area contributed by atoms with Crippen LogP contribution >= 0.6 is 0 Å². The molecule has 0 aliphatic carbocycles. The molecule has 1 fully saturated rings. The fourth-order valence-electron chi connectivity index (χ4n) is 4.74. The molecule has 1 aromatic carbocycles. The van der Waals surface area contributed by atoms with Crippen LogP contribution in [0.2, 0.25) is 0 Å². The number of hydrogen-bond acceptors (Lipinski definition) is 7. The predicted octanol–water partition coefficient (Wildman–Crippen LogP) is 1.61. The van der Waals surface area contributed by atoms with Gasteiger partial charge in [-0.2, -0.15) is 10.2 Å². The maximum Gasteiger partial charge on any atom is 0.337 e. The van der Waals surface area contributed by atoms with Crippen molar-refractivity contribution in [1.29, 1.82) is 5.26 Å². The van der Waals surface area contributed by atoms with Crippen LogP contribution in [0.1, 0.15) is 30.9 Å². The zero-order valence-corrected chi connectivity index (χ0v) is 20.5. The van der Waals surface area contributed by atoms with Gasteiger partial charge in [-0.05, 0) is 43.5 Å². The third-order valence-electron chi connectivity index (χ3n) is 6.54. The molecule has 37 heavy (non-hydrogen) atoms. The summed E-state index contributed by atoms with van der Waals surface area (Å²) >= 11 is 0. The zero-order chi connectivity index (χ0) is 25.9. The molecule has 1 aliphatic rings. The second-order valence-electron chi connectivity index (χ2n) is 8.93. The Kier molecular flexibility index (Phi) is 6.59. The first-order chi connectivity index (χ1) is 18.0. The molecule has 0 spiro atoms. The molecule has 10 heteroatoms. The monoisotopic (exact) mass is 494 g/mol. The van der Waals surface area contributed by atoms with Gasteiger partial charge in [0.25, 0.3) is 5.56 Å². The highest BCUT2D eigenvalue weighted by Crippen LogP contribution is 2.24. The molecule has 3 aromatic heterocycles. The van der Waals surface area contributed by atoms with Crippen LogP contribution in [-0.4, -0.2) is 42.8 Å². The first kappa shape index (κ1) is 24.0. The van der Waals surface area contributed by atoms with E-state index in [0.29, 0.717) is 29.3 Å². The molecular formula is C27H26N8O2. The summed E-state index contributed by atoms with van der Waals surface area (Å²) in [5, 5.41) is 9.54. The van der Waals surface area contributed by atoms with E-state index in [1.807, 2.05) is 18.2 Å². The molecule has 1 saturated heterocycles. The fourth-order valence-corrected chi connectivity index (χ4v) is 4.74. The Morgan fingerprint density at radius 3 is 2.70 bits per heavy atom. The molecule has 186 valence electrons. The maximum atomic E-state index is 14.0. The Hall–Kier alpha value is -4.67. The number of benzene rings is 1. The van der Waals surface area contributed by atoms with E-state index >= 15 is 0 Å². The van der Waals surface area contributed by atoms with E-state index in [-0.39, 0.29) is 30.3 Å². The van der Waals surface area contributed by atoms with Gasteiger partial charge in [-0.15, -0.1) is 5.92 Å². The van der Waals surface area contributed by atoms with Crippen LogP contribution in [0, 0.1) is 23.2 Å². The number of anilines is 1. The van der Waals surface area contributed by atoms with Crippen LogP contribution in [0.4, 0.5) is 5.95 Å². The summed E-state index contributed by atoms with van der Waals surface area (Å²) in [6.45, 7) is 3.22. The molecule has 1 atom stereocenters. The molecule has 5 rings (SSSR count). The van der Waals surface area contributed by atoms with E-state index in [4.69, 9.17) is 10.7 Å². The number of para-hydroxylation sites is 1. The Bertz CT molecular complexity index is 1680. The lowest BCUT2D eigenvalue weighted by molar-refractivity contribution is 0.496. The quantitative estimate of drug-likeness (QED) is 0.418. The number of nitriles is 1. The minimum Gasteiger partial charge on any atom is -0.341 e. The van der Waals surface area contributed by atoms with Gasteiger partial charge in [0.2, 0.25) is 5.95 Å². The lowest BCUT2D eigenvalue weighted by atomic mass is 10.1. The highest BCUT2D eigenvalue weighted by molar-refractivity contribution is 5.77. The minimum atomic E-state index is -0.544. The Labute approximate surface area is 213 Å². The second kappa shape index (κ2) is 10.1. The Morgan fingerprint density at radius 1 is 1.16 bits per heavy atom. The molecule has 0 saturated carbocycles. The fraction of sp³-hybridized carbons (Fsp3) is 0.296. The lowest BCUT2D eigenvalue weighted by Crippen LogP contribution is -2.44. The number of rotatable bonds is 5. The smallest absolute Gasteiger partial charge is 0.337 e. The average molecular weight is 495 g/mol. The van der Waals surface area contributed by atoms with E-state index < -0.39 is 11.2 Å². The van der Waals surface area contributed by atoms with Gasteiger partial charge in [-0.1, -0.05) is 24.1 Å². The minimum absolute atomic E-state index is 0.0108. The SMILES string of the molecule is CC#CCn1c(N2CCC[C@@H](N)C2)nc2c1c(=O)n(Cc1ccncc1C#N)c(=O)n2-c1ccccc1. The number of nitrogens with two attached hydrogens (primary N) is 1. The van der Waals surface area contributed by atoms with Crippen LogP contribution in [0.3, 0.4) is 0 Å². The summed E-state index contributed by atoms with van der Waals surface area (Å²) in [5.41, 5.74) is 7.16. The zero-order valence-electron chi connectivity index (χ0n) is 20.5. The number of imidazole rings is 1. The average Bonchev–Trinajstić information content (AvgIpc) is 3.30. The van der Waals surface area contributed by atoms with Crippen LogP contribution < -0.4 is 21.9 Å². The summed E-state index contributed by atoms with van der Waals surface area (Å²) in [7, 11) is 0. The van der Waals surface area contributed by atoms with Crippen LogP contribution in [-0.2, 0) is 13.1 Å². The number of hydrogen-bond donors (Lipinski definition) is 1. The Balaban J connectivity index is 1.84. The summed E-state index contributed by atoms with van der Waals surface area (Å²) < 4.78 is 4.38. The number of aromatic nitrogens is 5. The summed E-state index contributed by atoms with van der Waals surface area (Å²) in [4.78, 5) is 38.8. The van der Waals surface area contributed by atoms with Gasteiger partial charge in [0.15, 0.2) is 11.2 Å². The van der Waals surface area contributed by atoms with Crippen molar-refractivity contribution in [2.24, 2.45) is 5.73 Å². The number of nitrogens with zero attached hydrogens (tertiary/aromatic N) is 7. The normalized spacial score (nSPS) is 15.3. The van der Waals surface area contributed by atoms with Crippen molar-refractivity contribution in [1.82, 2.24) is 23.7 Å². The largest absolute Gasteiger partial charge is 0.341 e. The molecule has 0 amide bonds. The van der Waals surface area contributed by atoms with Crippen molar-refractivity contribution in [2.45, 2.75) is 38.9 Å². The predicted molar refractivity (Wildman–Crippen MR) is 141 cm³/mol. The molecule has 0 bridgehead atoms. The third kappa shape index (κ3) is 4.39. The molecule has 10 nitrogen and oxygen atoms in total. The van der Waals surface area contributed by atoms with E-state index in [1.54, 1.807) is 29.7 Å². The van der Waals surface area contributed by atoms with Gasteiger partial charge >= 0.3 is 5.69 Å². The first-order valence-electron chi connectivity index (χ1n) is 12.1. The molecular weight excluding hydrogens is 468 g/mol.